The Hall–Kier alpha value is -3.71. The molecule has 34 heavy (non-hydrogen) atoms. The summed E-state index contributed by atoms with van der Waals surface area (Å²) in [6.45, 7) is 2.34. The maximum absolute atomic E-state index is 12.7. The van der Waals surface area contributed by atoms with Gasteiger partial charge in [0.15, 0.2) is 0 Å². The molecule has 9 N–H and O–H groups in total. The summed E-state index contributed by atoms with van der Waals surface area (Å²) in [6, 6.07) is 0.535. The number of carbonyl (C=O) groups excluding carboxylic acids is 3. The van der Waals surface area contributed by atoms with Crippen molar-refractivity contribution in [1.29, 1.82) is 0 Å². The smallest absolute Gasteiger partial charge is 0.326 e. The first-order chi connectivity index (χ1) is 15.8. The number of rotatable bonds is 13. The summed E-state index contributed by atoms with van der Waals surface area (Å²) in [5.41, 5.74) is 6.60. The Labute approximate surface area is 195 Å². The van der Waals surface area contributed by atoms with E-state index in [-0.39, 0.29) is 12.2 Å². The van der Waals surface area contributed by atoms with Crippen molar-refractivity contribution in [1.82, 2.24) is 16.0 Å². The number of phenolic OH excluding ortho intramolecular Hbond substituents is 1. The highest BCUT2D eigenvalue weighted by Gasteiger charge is 2.32. The number of carboxylic acids is 2. The molecule has 0 saturated heterocycles. The summed E-state index contributed by atoms with van der Waals surface area (Å²) in [6.07, 6.45) is -0.781. The second kappa shape index (κ2) is 13.1. The molecule has 3 amide bonds. The number of phenols is 1. The molecule has 0 radical (unpaired) electrons. The first-order valence-corrected chi connectivity index (χ1v) is 10.4. The monoisotopic (exact) mass is 482 g/mol. The zero-order chi connectivity index (χ0) is 26.0. The van der Waals surface area contributed by atoms with Crippen molar-refractivity contribution in [2.24, 2.45) is 11.7 Å². The lowest BCUT2D eigenvalue weighted by Crippen LogP contribution is -2.59. The molecule has 4 unspecified atom stereocenters. The van der Waals surface area contributed by atoms with Crippen molar-refractivity contribution in [2.75, 3.05) is 6.61 Å². The largest absolute Gasteiger partial charge is 0.508 e. The van der Waals surface area contributed by atoms with Crippen LogP contribution in [0.2, 0.25) is 0 Å². The molecule has 0 bridgehead atoms. The van der Waals surface area contributed by atoms with Gasteiger partial charge in [0.1, 0.15) is 23.9 Å². The normalized spacial score (nSPS) is 14.4. The maximum Gasteiger partial charge on any atom is 0.326 e. The molecule has 1 rings (SSSR count). The zero-order valence-electron chi connectivity index (χ0n) is 18.7. The fraction of sp³-hybridized carbons (Fsp3) is 0.476. The maximum atomic E-state index is 12.7. The van der Waals surface area contributed by atoms with Crippen LogP contribution in [0.4, 0.5) is 0 Å². The molecule has 1 aromatic rings. The van der Waals surface area contributed by atoms with Crippen LogP contribution in [0, 0.1) is 5.92 Å². The van der Waals surface area contributed by atoms with Crippen LogP contribution < -0.4 is 21.7 Å². The summed E-state index contributed by atoms with van der Waals surface area (Å²) in [4.78, 5) is 59.4. The minimum Gasteiger partial charge on any atom is -0.508 e. The van der Waals surface area contributed by atoms with Gasteiger partial charge in [-0.3, -0.25) is 19.2 Å². The van der Waals surface area contributed by atoms with Crippen molar-refractivity contribution >= 4 is 29.7 Å². The van der Waals surface area contributed by atoms with Crippen LogP contribution in [0.15, 0.2) is 24.3 Å². The number of hydrogen-bond acceptors (Lipinski definition) is 8. The predicted molar refractivity (Wildman–Crippen MR) is 117 cm³/mol. The number of aliphatic carboxylic acids is 2. The van der Waals surface area contributed by atoms with Gasteiger partial charge in [0.05, 0.1) is 19.1 Å². The van der Waals surface area contributed by atoms with Crippen molar-refractivity contribution < 1.29 is 44.4 Å². The second-order valence-corrected chi connectivity index (χ2v) is 7.95. The van der Waals surface area contributed by atoms with E-state index >= 15 is 0 Å². The molecule has 0 aliphatic heterocycles. The highest BCUT2D eigenvalue weighted by atomic mass is 16.4. The third-order valence-corrected chi connectivity index (χ3v) is 4.78. The van der Waals surface area contributed by atoms with Crippen LogP contribution >= 0.6 is 0 Å². The topological polar surface area (TPSA) is 228 Å². The number of carbonyl (C=O) groups is 5. The Morgan fingerprint density at radius 1 is 0.882 bits per heavy atom. The number of hydrogen-bond donors (Lipinski definition) is 8. The summed E-state index contributed by atoms with van der Waals surface area (Å²) in [7, 11) is 0. The van der Waals surface area contributed by atoms with E-state index in [0.29, 0.717) is 5.56 Å². The molecular weight excluding hydrogens is 452 g/mol. The van der Waals surface area contributed by atoms with Gasteiger partial charge < -0.3 is 42.1 Å². The fourth-order valence-corrected chi connectivity index (χ4v) is 2.88. The van der Waals surface area contributed by atoms with Crippen molar-refractivity contribution in [3.05, 3.63) is 29.8 Å². The molecule has 13 nitrogen and oxygen atoms in total. The summed E-state index contributed by atoms with van der Waals surface area (Å²) in [5, 5.41) is 43.3. The molecule has 13 heteroatoms. The SMILES string of the molecule is CC(C)C(NC(=O)C(N)Cc1ccc(O)cc1)C(=O)NC(CO)C(=O)NC(CC(=O)O)C(=O)O. The Balaban J connectivity index is 2.81. The van der Waals surface area contributed by atoms with Crippen molar-refractivity contribution in [2.45, 2.75) is 50.9 Å². The van der Waals surface area contributed by atoms with Gasteiger partial charge in [0, 0.05) is 0 Å². The second-order valence-electron chi connectivity index (χ2n) is 7.95. The molecule has 1 aromatic carbocycles. The van der Waals surface area contributed by atoms with E-state index in [1.807, 2.05) is 5.32 Å². The van der Waals surface area contributed by atoms with Crippen LogP contribution in [-0.2, 0) is 30.4 Å². The minimum atomic E-state index is -1.77. The standard InChI is InChI=1S/C21H30N4O9/c1-10(2)17(25-18(30)13(22)7-11-3-5-12(27)6-4-11)20(32)24-15(9-26)19(31)23-14(21(33)34)8-16(28)29/h3-6,10,13-15,17,26-27H,7-9,22H2,1-2H3,(H,23,31)(H,24,32)(H,25,30)(H,28,29)(H,33,34). The Bertz CT molecular complexity index is 889. The Kier molecular flexibility index (Phi) is 10.9. The lowest BCUT2D eigenvalue weighted by atomic mass is 10.0. The van der Waals surface area contributed by atoms with Crippen LogP contribution in [-0.4, -0.2) is 80.9 Å². The van der Waals surface area contributed by atoms with Gasteiger partial charge in [0.2, 0.25) is 17.7 Å². The van der Waals surface area contributed by atoms with E-state index in [9.17, 15) is 34.2 Å². The predicted octanol–water partition coefficient (Wildman–Crippen LogP) is -2.08. The summed E-state index contributed by atoms with van der Waals surface area (Å²) >= 11 is 0. The van der Waals surface area contributed by atoms with Gasteiger partial charge in [-0.1, -0.05) is 26.0 Å². The highest BCUT2D eigenvalue weighted by Crippen LogP contribution is 2.11. The van der Waals surface area contributed by atoms with E-state index in [2.05, 4.69) is 10.6 Å². The van der Waals surface area contributed by atoms with Crippen LogP contribution in [0.5, 0.6) is 5.75 Å². The third kappa shape index (κ3) is 9.03. The van der Waals surface area contributed by atoms with Gasteiger partial charge in [-0.15, -0.1) is 0 Å². The number of aliphatic hydroxyl groups is 1. The van der Waals surface area contributed by atoms with Gasteiger partial charge in [0.25, 0.3) is 0 Å². The van der Waals surface area contributed by atoms with Crippen LogP contribution in [0.3, 0.4) is 0 Å². The molecule has 0 heterocycles. The number of aromatic hydroxyl groups is 1. The molecule has 0 spiro atoms. The number of benzene rings is 1. The van der Waals surface area contributed by atoms with E-state index in [0.717, 1.165) is 0 Å². The van der Waals surface area contributed by atoms with Crippen molar-refractivity contribution in [3.63, 3.8) is 0 Å². The number of nitrogens with one attached hydrogen (secondary N) is 3. The number of aliphatic hydroxyl groups excluding tert-OH is 1. The minimum absolute atomic E-state index is 0.0541. The van der Waals surface area contributed by atoms with Gasteiger partial charge >= 0.3 is 11.9 Å². The van der Waals surface area contributed by atoms with E-state index in [4.69, 9.17) is 15.9 Å². The number of nitrogens with two attached hydrogens (primary N) is 1. The molecule has 0 aliphatic carbocycles. The molecule has 0 aromatic heterocycles. The number of carboxylic acid groups (broad SMARTS) is 2. The first kappa shape index (κ1) is 28.3. The average Bonchev–Trinajstić information content (AvgIpc) is 2.75. The summed E-state index contributed by atoms with van der Waals surface area (Å²) < 4.78 is 0. The quantitative estimate of drug-likeness (QED) is 0.153. The van der Waals surface area contributed by atoms with Gasteiger partial charge in [-0.05, 0) is 30.0 Å². The molecule has 4 atom stereocenters. The van der Waals surface area contributed by atoms with Gasteiger partial charge in [-0.2, -0.15) is 0 Å². The average molecular weight is 482 g/mol. The number of amides is 3. The highest BCUT2D eigenvalue weighted by molar-refractivity contribution is 5.94. The molecule has 0 fully saturated rings. The Morgan fingerprint density at radius 2 is 1.44 bits per heavy atom. The third-order valence-electron chi connectivity index (χ3n) is 4.78. The molecular formula is C21H30N4O9. The summed E-state index contributed by atoms with van der Waals surface area (Å²) in [5.74, 6) is -6.07. The van der Waals surface area contributed by atoms with Crippen LogP contribution in [0.1, 0.15) is 25.8 Å². The van der Waals surface area contributed by atoms with E-state index in [1.54, 1.807) is 26.0 Å². The van der Waals surface area contributed by atoms with Crippen LogP contribution in [0.25, 0.3) is 0 Å². The van der Waals surface area contributed by atoms with Crippen molar-refractivity contribution in [3.8, 4) is 5.75 Å². The lowest BCUT2D eigenvalue weighted by molar-refractivity contribution is -0.147. The molecule has 0 aliphatic rings. The van der Waals surface area contributed by atoms with Gasteiger partial charge in [-0.25, -0.2) is 4.79 Å². The van der Waals surface area contributed by atoms with E-state index < -0.39 is 72.8 Å². The first-order valence-electron chi connectivity index (χ1n) is 10.4. The molecule has 188 valence electrons. The zero-order valence-corrected chi connectivity index (χ0v) is 18.7. The lowest BCUT2D eigenvalue weighted by Gasteiger charge is -2.26. The fourth-order valence-electron chi connectivity index (χ4n) is 2.88. The molecule has 0 saturated carbocycles. The van der Waals surface area contributed by atoms with E-state index in [1.165, 1.54) is 12.1 Å². The Morgan fingerprint density at radius 3 is 1.91 bits per heavy atom.